The molecule has 1 amide bonds. The Morgan fingerprint density at radius 1 is 1.26 bits per heavy atom. The number of hydrogen-bond donors (Lipinski definition) is 1. The molecule has 3 rings (SSSR count). The van der Waals surface area contributed by atoms with Gasteiger partial charge in [-0.2, -0.15) is 5.10 Å². The monoisotopic (exact) mass is 368 g/mol. The number of anilines is 1. The minimum atomic E-state index is -0.487. The van der Waals surface area contributed by atoms with E-state index in [1.165, 1.54) is 24.3 Å². The maximum Gasteiger partial charge on any atom is 0.322 e. The molecule has 0 aliphatic heterocycles. The summed E-state index contributed by atoms with van der Waals surface area (Å²) in [5.41, 5.74) is 1.28. The molecule has 0 saturated carbocycles. The van der Waals surface area contributed by atoms with Crippen LogP contribution >= 0.6 is 0 Å². The van der Waals surface area contributed by atoms with Crippen LogP contribution in [0.15, 0.2) is 47.0 Å². The molecule has 3 aromatic rings. The Balaban J connectivity index is 1.65. The average molecular weight is 368 g/mol. The lowest BCUT2D eigenvalue weighted by molar-refractivity contribution is -0.384. The zero-order chi connectivity index (χ0) is 19.4. The van der Waals surface area contributed by atoms with Gasteiger partial charge in [-0.3, -0.25) is 24.9 Å². The van der Waals surface area contributed by atoms with Crippen LogP contribution in [0, 0.1) is 10.1 Å². The van der Waals surface area contributed by atoms with Crippen molar-refractivity contribution in [1.29, 1.82) is 0 Å². The number of hydrogen-bond acceptors (Lipinski definition) is 7. The van der Waals surface area contributed by atoms with E-state index in [9.17, 15) is 14.9 Å². The van der Waals surface area contributed by atoms with Crippen LogP contribution in [-0.4, -0.2) is 30.8 Å². The van der Waals surface area contributed by atoms with Gasteiger partial charge in [0.25, 0.3) is 17.5 Å². The standard InChI is InChI=1S/C17H16N6O4/c1-11(2)22-14(9-10-18-22)16-20-21-17(27-16)19-15(24)8-5-12-3-6-13(7-4-12)23(25)26/h3-11H,1-2H3,(H,19,21,24). The summed E-state index contributed by atoms with van der Waals surface area (Å²) in [6.07, 6.45) is 4.41. The predicted molar refractivity (Wildman–Crippen MR) is 96.7 cm³/mol. The number of rotatable bonds is 6. The molecule has 0 saturated heterocycles. The molecule has 0 radical (unpaired) electrons. The number of benzene rings is 1. The molecule has 1 aromatic carbocycles. The van der Waals surface area contributed by atoms with Crippen molar-refractivity contribution >= 4 is 23.7 Å². The Morgan fingerprint density at radius 3 is 2.67 bits per heavy atom. The molecule has 10 nitrogen and oxygen atoms in total. The van der Waals surface area contributed by atoms with Crippen molar-refractivity contribution < 1.29 is 14.1 Å². The van der Waals surface area contributed by atoms with Gasteiger partial charge in [-0.05, 0) is 43.7 Å². The van der Waals surface area contributed by atoms with Gasteiger partial charge in [-0.25, -0.2) is 0 Å². The number of nitrogens with zero attached hydrogens (tertiary/aromatic N) is 5. The molecular formula is C17H16N6O4. The van der Waals surface area contributed by atoms with Gasteiger partial charge in [0.15, 0.2) is 0 Å². The first kappa shape index (κ1) is 18.0. The molecule has 138 valence electrons. The molecule has 0 aliphatic rings. The summed E-state index contributed by atoms with van der Waals surface area (Å²) >= 11 is 0. The van der Waals surface area contributed by atoms with E-state index in [0.717, 1.165) is 0 Å². The van der Waals surface area contributed by atoms with Crippen LogP contribution in [0.3, 0.4) is 0 Å². The normalized spacial score (nSPS) is 11.2. The average Bonchev–Trinajstić information content (AvgIpc) is 3.29. The second kappa shape index (κ2) is 7.60. The number of nitro groups is 1. The van der Waals surface area contributed by atoms with E-state index in [1.54, 1.807) is 29.1 Å². The predicted octanol–water partition coefficient (Wildman–Crippen LogP) is 3.07. The molecule has 0 aliphatic carbocycles. The van der Waals surface area contributed by atoms with E-state index in [4.69, 9.17) is 4.42 Å². The molecule has 0 unspecified atom stereocenters. The molecule has 0 atom stereocenters. The van der Waals surface area contributed by atoms with Gasteiger partial charge in [-0.1, -0.05) is 5.10 Å². The zero-order valence-electron chi connectivity index (χ0n) is 14.6. The first-order valence-electron chi connectivity index (χ1n) is 8.05. The lowest BCUT2D eigenvalue weighted by atomic mass is 10.2. The highest BCUT2D eigenvalue weighted by Gasteiger charge is 2.15. The zero-order valence-corrected chi connectivity index (χ0v) is 14.6. The smallest absolute Gasteiger partial charge is 0.322 e. The van der Waals surface area contributed by atoms with Crippen molar-refractivity contribution in [3.8, 4) is 11.6 Å². The summed E-state index contributed by atoms with van der Waals surface area (Å²) in [4.78, 5) is 22.1. The highest BCUT2D eigenvalue weighted by Crippen LogP contribution is 2.22. The van der Waals surface area contributed by atoms with Crippen LogP contribution < -0.4 is 5.32 Å². The molecular weight excluding hydrogens is 352 g/mol. The minimum absolute atomic E-state index is 0.0179. The summed E-state index contributed by atoms with van der Waals surface area (Å²) in [5.74, 6) is -0.225. The number of carbonyl (C=O) groups is 1. The molecule has 0 fully saturated rings. The van der Waals surface area contributed by atoms with Gasteiger partial charge in [0.05, 0.1) is 4.92 Å². The van der Waals surface area contributed by atoms with Gasteiger partial charge in [-0.15, -0.1) is 5.10 Å². The molecule has 1 N–H and O–H groups in total. The Hall–Kier alpha value is -3.82. The fourth-order valence-electron chi connectivity index (χ4n) is 2.30. The molecule has 0 bridgehead atoms. The number of nitrogens with one attached hydrogen (secondary N) is 1. The topological polar surface area (TPSA) is 129 Å². The second-order valence-corrected chi connectivity index (χ2v) is 5.84. The maximum atomic E-state index is 12.0. The fraction of sp³-hybridized carbons (Fsp3) is 0.176. The number of nitro benzene ring substituents is 1. The van der Waals surface area contributed by atoms with Crippen molar-refractivity contribution in [2.75, 3.05) is 5.32 Å². The van der Waals surface area contributed by atoms with E-state index >= 15 is 0 Å². The summed E-state index contributed by atoms with van der Waals surface area (Å²) in [6.45, 7) is 3.94. The SMILES string of the molecule is CC(C)n1nccc1-c1nnc(NC(=O)C=Cc2ccc([N+](=O)[O-])cc2)o1. The lowest BCUT2D eigenvalue weighted by Crippen LogP contribution is -2.07. The third-order valence-electron chi connectivity index (χ3n) is 3.56. The Bertz CT molecular complexity index is 987. The van der Waals surface area contributed by atoms with E-state index in [0.29, 0.717) is 11.3 Å². The van der Waals surface area contributed by atoms with E-state index in [1.807, 2.05) is 13.8 Å². The second-order valence-electron chi connectivity index (χ2n) is 5.84. The highest BCUT2D eigenvalue weighted by molar-refractivity contribution is 6.00. The summed E-state index contributed by atoms with van der Waals surface area (Å²) in [7, 11) is 0. The van der Waals surface area contributed by atoms with Gasteiger partial charge < -0.3 is 4.42 Å². The fourth-order valence-corrected chi connectivity index (χ4v) is 2.30. The third-order valence-corrected chi connectivity index (χ3v) is 3.56. The Labute approximate surface area is 153 Å². The van der Waals surface area contributed by atoms with Crippen molar-refractivity contribution in [3.63, 3.8) is 0 Å². The first-order valence-corrected chi connectivity index (χ1v) is 8.05. The molecule has 2 heterocycles. The van der Waals surface area contributed by atoms with Crippen LogP contribution in [0.4, 0.5) is 11.7 Å². The number of amides is 1. The highest BCUT2D eigenvalue weighted by atomic mass is 16.6. The van der Waals surface area contributed by atoms with Gasteiger partial charge in [0.1, 0.15) is 5.69 Å². The van der Waals surface area contributed by atoms with Crippen LogP contribution in [0.5, 0.6) is 0 Å². The number of aromatic nitrogens is 4. The van der Waals surface area contributed by atoms with E-state index < -0.39 is 10.8 Å². The van der Waals surface area contributed by atoms with Gasteiger partial charge in [0, 0.05) is 30.4 Å². The first-order chi connectivity index (χ1) is 12.9. The summed E-state index contributed by atoms with van der Waals surface area (Å²) in [5, 5.41) is 25.0. The largest absolute Gasteiger partial charge is 0.401 e. The summed E-state index contributed by atoms with van der Waals surface area (Å²) < 4.78 is 7.19. The molecule has 2 aromatic heterocycles. The maximum absolute atomic E-state index is 12.0. The van der Waals surface area contributed by atoms with Crippen LogP contribution in [0.1, 0.15) is 25.5 Å². The van der Waals surface area contributed by atoms with E-state index in [2.05, 4.69) is 20.6 Å². The van der Waals surface area contributed by atoms with Crippen LogP contribution in [-0.2, 0) is 4.79 Å². The van der Waals surface area contributed by atoms with Crippen molar-refractivity contribution in [2.24, 2.45) is 0 Å². The van der Waals surface area contributed by atoms with Gasteiger partial charge >= 0.3 is 6.01 Å². The Kier molecular flexibility index (Phi) is 5.06. The van der Waals surface area contributed by atoms with Crippen LogP contribution in [0.25, 0.3) is 17.7 Å². The van der Waals surface area contributed by atoms with E-state index in [-0.39, 0.29) is 23.6 Å². The molecule has 10 heteroatoms. The number of non-ortho nitro benzene ring substituents is 1. The Morgan fingerprint density at radius 2 is 2.00 bits per heavy atom. The third kappa shape index (κ3) is 4.24. The summed E-state index contributed by atoms with van der Waals surface area (Å²) in [6, 6.07) is 7.62. The van der Waals surface area contributed by atoms with Crippen molar-refractivity contribution in [1.82, 2.24) is 20.0 Å². The van der Waals surface area contributed by atoms with Gasteiger partial charge in [0.2, 0.25) is 0 Å². The minimum Gasteiger partial charge on any atom is -0.401 e. The van der Waals surface area contributed by atoms with Crippen LogP contribution in [0.2, 0.25) is 0 Å². The van der Waals surface area contributed by atoms with Crippen molar-refractivity contribution in [2.45, 2.75) is 19.9 Å². The quantitative estimate of drug-likeness (QED) is 0.402. The van der Waals surface area contributed by atoms with Crippen molar-refractivity contribution in [3.05, 3.63) is 58.3 Å². The lowest BCUT2D eigenvalue weighted by Gasteiger charge is -2.07. The molecule has 27 heavy (non-hydrogen) atoms. The molecule has 0 spiro atoms. The number of carbonyl (C=O) groups excluding carboxylic acids is 1.